The molecule has 1 aromatic carbocycles. The van der Waals surface area contributed by atoms with E-state index in [-0.39, 0.29) is 18.1 Å². The van der Waals surface area contributed by atoms with Crippen molar-refractivity contribution in [2.45, 2.75) is 45.2 Å². The van der Waals surface area contributed by atoms with Crippen LogP contribution >= 0.6 is 11.6 Å². The number of esters is 1. The molecule has 0 aliphatic heterocycles. The van der Waals surface area contributed by atoms with Crippen LogP contribution in [0.15, 0.2) is 24.3 Å². The van der Waals surface area contributed by atoms with Crippen molar-refractivity contribution in [2.24, 2.45) is 0 Å². The molecule has 19 heavy (non-hydrogen) atoms. The molecule has 0 saturated carbocycles. The summed E-state index contributed by atoms with van der Waals surface area (Å²) >= 11 is 6.16. The van der Waals surface area contributed by atoms with Gasteiger partial charge in [0.05, 0.1) is 7.11 Å². The summed E-state index contributed by atoms with van der Waals surface area (Å²) < 4.78 is 4.84. The summed E-state index contributed by atoms with van der Waals surface area (Å²) in [5.74, 6) is -0.215. The zero-order chi connectivity index (χ0) is 14.3. The number of hydrogen-bond donors (Lipinski definition) is 1. The monoisotopic (exact) mass is 283 g/mol. The first-order valence-corrected chi connectivity index (χ1v) is 7.06. The number of benzene rings is 1. The molecule has 0 saturated heterocycles. The van der Waals surface area contributed by atoms with Crippen LogP contribution in [0.2, 0.25) is 5.02 Å². The van der Waals surface area contributed by atoms with Crippen LogP contribution in [0.5, 0.6) is 0 Å². The topological polar surface area (TPSA) is 38.3 Å². The van der Waals surface area contributed by atoms with Gasteiger partial charge in [0, 0.05) is 11.1 Å². The van der Waals surface area contributed by atoms with Crippen LogP contribution in [-0.2, 0) is 9.53 Å². The molecule has 0 bridgehead atoms. The number of rotatable bonds is 7. The smallest absolute Gasteiger partial charge is 0.322 e. The normalized spacial score (nSPS) is 13.9. The Morgan fingerprint density at radius 2 is 2.11 bits per heavy atom. The van der Waals surface area contributed by atoms with Gasteiger partial charge in [0.25, 0.3) is 0 Å². The molecule has 0 heterocycles. The zero-order valence-corrected chi connectivity index (χ0v) is 12.5. The molecule has 3 nitrogen and oxygen atoms in total. The fourth-order valence-electron chi connectivity index (χ4n) is 2.04. The molecule has 0 amide bonds. The summed E-state index contributed by atoms with van der Waals surface area (Å²) in [6.07, 6.45) is 2.82. The van der Waals surface area contributed by atoms with Crippen molar-refractivity contribution in [1.29, 1.82) is 0 Å². The summed E-state index contributed by atoms with van der Waals surface area (Å²) in [6, 6.07) is 7.39. The van der Waals surface area contributed by atoms with Crippen LogP contribution in [0, 0.1) is 0 Å². The lowest BCUT2D eigenvalue weighted by atomic mass is 10.0. The first kappa shape index (κ1) is 16.0. The van der Waals surface area contributed by atoms with Crippen molar-refractivity contribution < 1.29 is 9.53 Å². The summed E-state index contributed by atoms with van der Waals surface area (Å²) in [7, 11) is 1.42. The minimum atomic E-state index is -0.281. The fourth-order valence-corrected chi connectivity index (χ4v) is 2.34. The highest BCUT2D eigenvalue weighted by molar-refractivity contribution is 6.31. The van der Waals surface area contributed by atoms with Crippen LogP contribution in [0.3, 0.4) is 0 Å². The Morgan fingerprint density at radius 3 is 2.68 bits per heavy atom. The SMILES string of the molecule is CCCCC(NC(C)c1ccccc1Cl)C(=O)OC. The summed E-state index contributed by atoms with van der Waals surface area (Å²) in [4.78, 5) is 11.8. The van der Waals surface area contributed by atoms with Gasteiger partial charge in [-0.15, -0.1) is 0 Å². The molecule has 4 heteroatoms. The van der Waals surface area contributed by atoms with Crippen molar-refractivity contribution >= 4 is 17.6 Å². The van der Waals surface area contributed by atoms with E-state index in [9.17, 15) is 4.79 Å². The minimum Gasteiger partial charge on any atom is -0.468 e. The summed E-state index contributed by atoms with van der Waals surface area (Å²) in [5, 5.41) is 4.01. The number of unbranched alkanes of at least 4 members (excludes halogenated alkanes) is 1. The molecule has 0 fully saturated rings. The lowest BCUT2D eigenvalue weighted by Gasteiger charge is -2.22. The van der Waals surface area contributed by atoms with Gasteiger partial charge in [-0.2, -0.15) is 0 Å². The van der Waals surface area contributed by atoms with Crippen LogP contribution in [0.25, 0.3) is 0 Å². The Labute approximate surface area is 120 Å². The molecule has 1 rings (SSSR count). The Morgan fingerprint density at radius 1 is 1.42 bits per heavy atom. The molecule has 0 spiro atoms. The van der Waals surface area contributed by atoms with E-state index < -0.39 is 0 Å². The molecular weight excluding hydrogens is 262 g/mol. The number of carbonyl (C=O) groups excluding carboxylic acids is 1. The third-order valence-corrected chi connectivity index (χ3v) is 3.50. The van der Waals surface area contributed by atoms with Gasteiger partial charge in [-0.25, -0.2) is 0 Å². The number of halogens is 1. The quantitative estimate of drug-likeness (QED) is 0.775. The number of ether oxygens (including phenoxy) is 1. The van der Waals surface area contributed by atoms with E-state index in [1.54, 1.807) is 0 Å². The van der Waals surface area contributed by atoms with Crippen molar-refractivity contribution in [1.82, 2.24) is 5.32 Å². The number of carbonyl (C=O) groups is 1. The van der Waals surface area contributed by atoms with Crippen molar-refractivity contribution in [3.05, 3.63) is 34.9 Å². The Balaban J connectivity index is 2.72. The zero-order valence-electron chi connectivity index (χ0n) is 11.8. The van der Waals surface area contributed by atoms with Crippen molar-refractivity contribution in [3.8, 4) is 0 Å². The third-order valence-electron chi connectivity index (χ3n) is 3.15. The van der Waals surface area contributed by atoms with Crippen molar-refractivity contribution in [3.63, 3.8) is 0 Å². The molecule has 2 atom stereocenters. The van der Waals surface area contributed by atoms with Crippen LogP contribution < -0.4 is 5.32 Å². The molecule has 106 valence electrons. The van der Waals surface area contributed by atoms with Gasteiger partial charge in [-0.3, -0.25) is 10.1 Å². The molecule has 0 radical (unpaired) electrons. The average Bonchev–Trinajstić information content (AvgIpc) is 2.42. The largest absolute Gasteiger partial charge is 0.468 e. The lowest BCUT2D eigenvalue weighted by molar-refractivity contribution is -0.143. The van der Waals surface area contributed by atoms with Gasteiger partial charge >= 0.3 is 5.97 Å². The highest BCUT2D eigenvalue weighted by atomic mass is 35.5. The molecule has 0 aliphatic rings. The molecule has 2 unspecified atom stereocenters. The van der Waals surface area contributed by atoms with Crippen LogP contribution in [0.4, 0.5) is 0 Å². The van der Waals surface area contributed by atoms with Crippen LogP contribution in [-0.4, -0.2) is 19.1 Å². The third kappa shape index (κ3) is 4.84. The van der Waals surface area contributed by atoms with E-state index in [1.807, 2.05) is 31.2 Å². The maximum absolute atomic E-state index is 11.8. The molecule has 1 N–H and O–H groups in total. The first-order valence-electron chi connectivity index (χ1n) is 6.68. The second-order valence-corrected chi connectivity index (χ2v) is 5.04. The second-order valence-electron chi connectivity index (χ2n) is 4.63. The number of methoxy groups -OCH3 is 1. The second kappa shape index (κ2) is 8.18. The summed E-state index contributed by atoms with van der Waals surface area (Å²) in [5.41, 5.74) is 0.995. The fraction of sp³-hybridized carbons (Fsp3) is 0.533. The highest BCUT2D eigenvalue weighted by Gasteiger charge is 2.21. The summed E-state index contributed by atoms with van der Waals surface area (Å²) in [6.45, 7) is 4.11. The van der Waals surface area contributed by atoms with Crippen LogP contribution in [0.1, 0.15) is 44.7 Å². The van der Waals surface area contributed by atoms with E-state index in [0.29, 0.717) is 5.02 Å². The highest BCUT2D eigenvalue weighted by Crippen LogP contribution is 2.23. The van der Waals surface area contributed by atoms with Gasteiger partial charge < -0.3 is 4.74 Å². The van der Waals surface area contributed by atoms with E-state index in [1.165, 1.54) is 7.11 Å². The standard InChI is InChI=1S/C15H22ClNO2/c1-4-5-10-14(15(18)19-3)17-11(2)12-8-6-7-9-13(12)16/h6-9,11,14,17H,4-5,10H2,1-3H3. The lowest BCUT2D eigenvalue weighted by Crippen LogP contribution is -2.39. The van der Waals surface area contributed by atoms with Gasteiger partial charge in [0.15, 0.2) is 0 Å². The predicted molar refractivity (Wildman–Crippen MR) is 78.3 cm³/mol. The maximum atomic E-state index is 11.8. The first-order chi connectivity index (χ1) is 9.10. The number of nitrogens with one attached hydrogen (secondary N) is 1. The number of hydrogen-bond acceptors (Lipinski definition) is 3. The van der Waals surface area contributed by atoms with Gasteiger partial charge in [-0.05, 0) is 25.0 Å². The van der Waals surface area contributed by atoms with Gasteiger partial charge in [0.2, 0.25) is 0 Å². The van der Waals surface area contributed by atoms with Crippen molar-refractivity contribution in [2.75, 3.05) is 7.11 Å². The maximum Gasteiger partial charge on any atom is 0.322 e. The average molecular weight is 284 g/mol. The molecule has 1 aromatic rings. The molecular formula is C15H22ClNO2. The Hall–Kier alpha value is -1.06. The molecule has 0 aliphatic carbocycles. The Kier molecular flexibility index (Phi) is 6.89. The van der Waals surface area contributed by atoms with Gasteiger partial charge in [-0.1, -0.05) is 49.6 Å². The Bertz CT molecular complexity index is 409. The van der Waals surface area contributed by atoms with E-state index in [0.717, 1.165) is 24.8 Å². The molecule has 0 aromatic heterocycles. The predicted octanol–water partition coefficient (Wildman–Crippen LogP) is 3.72. The van der Waals surface area contributed by atoms with E-state index in [2.05, 4.69) is 12.2 Å². The van der Waals surface area contributed by atoms with E-state index >= 15 is 0 Å². The minimum absolute atomic E-state index is 0.00894. The van der Waals surface area contributed by atoms with Gasteiger partial charge in [0.1, 0.15) is 6.04 Å². The van der Waals surface area contributed by atoms with E-state index in [4.69, 9.17) is 16.3 Å².